The van der Waals surface area contributed by atoms with Crippen LogP contribution < -0.4 is 5.32 Å². The Balaban J connectivity index is 2.25. The van der Waals surface area contributed by atoms with E-state index in [0.717, 1.165) is 30.5 Å². The fraction of sp³-hybridized carbons (Fsp3) is 0.462. The van der Waals surface area contributed by atoms with Crippen LogP contribution >= 0.6 is 0 Å². The molecule has 0 radical (unpaired) electrons. The standard InChI is InChI=1S/C13H17NO2/c1-10-5-2-3-6-11(10)9-13(12(15)16)7-4-8-14-13/h2-3,5-6,14H,4,7-9H2,1H3,(H,15,16)/t13-/m1/s1. The number of aryl methyl sites for hydroxylation is 1. The largest absolute Gasteiger partial charge is 0.480 e. The van der Waals surface area contributed by atoms with Gasteiger partial charge in [-0.3, -0.25) is 4.79 Å². The first-order valence-electron chi connectivity index (χ1n) is 5.67. The average Bonchev–Trinajstić information content (AvgIpc) is 2.71. The summed E-state index contributed by atoms with van der Waals surface area (Å²) < 4.78 is 0. The third kappa shape index (κ3) is 1.95. The second-order valence-electron chi connectivity index (χ2n) is 4.52. The molecule has 3 nitrogen and oxygen atoms in total. The molecule has 0 aliphatic carbocycles. The summed E-state index contributed by atoms with van der Waals surface area (Å²) >= 11 is 0. The SMILES string of the molecule is Cc1ccccc1C[C@@]1(C(=O)O)CCCN1. The molecule has 0 saturated carbocycles. The zero-order valence-electron chi connectivity index (χ0n) is 9.49. The van der Waals surface area contributed by atoms with Crippen molar-refractivity contribution in [2.24, 2.45) is 0 Å². The summed E-state index contributed by atoms with van der Waals surface area (Å²) in [5, 5.41) is 12.5. The Morgan fingerprint density at radius 2 is 2.25 bits per heavy atom. The molecule has 2 rings (SSSR count). The number of rotatable bonds is 3. The molecule has 1 atom stereocenters. The van der Waals surface area contributed by atoms with E-state index in [9.17, 15) is 9.90 Å². The first kappa shape index (κ1) is 11.1. The fourth-order valence-electron chi connectivity index (χ4n) is 2.35. The van der Waals surface area contributed by atoms with Gasteiger partial charge in [-0.1, -0.05) is 24.3 Å². The third-order valence-corrected chi connectivity index (χ3v) is 3.41. The van der Waals surface area contributed by atoms with Gasteiger partial charge in [0.05, 0.1) is 0 Å². The van der Waals surface area contributed by atoms with E-state index in [1.165, 1.54) is 0 Å². The van der Waals surface area contributed by atoms with Crippen molar-refractivity contribution >= 4 is 5.97 Å². The topological polar surface area (TPSA) is 49.3 Å². The maximum Gasteiger partial charge on any atom is 0.324 e. The van der Waals surface area contributed by atoms with Crippen LogP contribution in [0.25, 0.3) is 0 Å². The van der Waals surface area contributed by atoms with Crippen LogP contribution in [0.2, 0.25) is 0 Å². The molecule has 3 heteroatoms. The number of aliphatic carboxylic acids is 1. The number of carboxylic acid groups (broad SMARTS) is 1. The normalized spacial score (nSPS) is 24.6. The molecule has 0 bridgehead atoms. The van der Waals surface area contributed by atoms with Gasteiger partial charge in [-0.05, 0) is 37.4 Å². The third-order valence-electron chi connectivity index (χ3n) is 3.41. The van der Waals surface area contributed by atoms with E-state index in [1.807, 2.05) is 31.2 Å². The summed E-state index contributed by atoms with van der Waals surface area (Å²) in [6, 6.07) is 7.99. The van der Waals surface area contributed by atoms with E-state index < -0.39 is 11.5 Å². The van der Waals surface area contributed by atoms with Gasteiger partial charge < -0.3 is 10.4 Å². The summed E-state index contributed by atoms with van der Waals surface area (Å²) in [5.41, 5.74) is 1.54. The van der Waals surface area contributed by atoms with Crippen LogP contribution in [-0.4, -0.2) is 23.2 Å². The van der Waals surface area contributed by atoms with Gasteiger partial charge in [-0.25, -0.2) is 0 Å². The molecule has 1 aromatic rings. The molecule has 1 aliphatic rings. The molecular weight excluding hydrogens is 202 g/mol. The van der Waals surface area contributed by atoms with Gasteiger partial charge in [0, 0.05) is 6.42 Å². The van der Waals surface area contributed by atoms with Gasteiger partial charge in [-0.15, -0.1) is 0 Å². The first-order valence-corrected chi connectivity index (χ1v) is 5.67. The van der Waals surface area contributed by atoms with Crippen molar-refractivity contribution in [2.45, 2.75) is 31.7 Å². The molecule has 1 heterocycles. The van der Waals surface area contributed by atoms with Gasteiger partial charge in [0.25, 0.3) is 0 Å². The number of hydrogen-bond donors (Lipinski definition) is 2. The summed E-state index contributed by atoms with van der Waals surface area (Å²) in [5.74, 6) is -0.728. The molecule has 0 aromatic heterocycles. The molecular formula is C13H17NO2. The van der Waals surface area contributed by atoms with E-state index in [0.29, 0.717) is 6.42 Å². The van der Waals surface area contributed by atoms with E-state index >= 15 is 0 Å². The highest BCUT2D eigenvalue weighted by Gasteiger charge is 2.41. The maximum absolute atomic E-state index is 11.4. The molecule has 0 unspecified atom stereocenters. The number of nitrogens with one attached hydrogen (secondary N) is 1. The van der Waals surface area contributed by atoms with E-state index in [1.54, 1.807) is 0 Å². The second-order valence-corrected chi connectivity index (χ2v) is 4.52. The smallest absolute Gasteiger partial charge is 0.324 e. The van der Waals surface area contributed by atoms with E-state index in [2.05, 4.69) is 5.32 Å². The van der Waals surface area contributed by atoms with Crippen LogP contribution in [0.15, 0.2) is 24.3 Å². The Morgan fingerprint density at radius 1 is 1.50 bits per heavy atom. The van der Waals surface area contributed by atoms with Crippen LogP contribution in [0.1, 0.15) is 24.0 Å². The second kappa shape index (κ2) is 4.26. The Labute approximate surface area is 95.5 Å². The van der Waals surface area contributed by atoms with Gasteiger partial charge in [0.15, 0.2) is 0 Å². The minimum atomic E-state index is -0.744. The molecule has 1 fully saturated rings. The van der Waals surface area contributed by atoms with Crippen molar-refractivity contribution < 1.29 is 9.90 Å². The van der Waals surface area contributed by atoms with E-state index in [-0.39, 0.29) is 0 Å². The predicted molar refractivity (Wildman–Crippen MR) is 62.5 cm³/mol. The highest BCUT2D eigenvalue weighted by Crippen LogP contribution is 2.25. The fourth-order valence-corrected chi connectivity index (χ4v) is 2.35. The lowest BCUT2D eigenvalue weighted by molar-refractivity contribution is -0.144. The highest BCUT2D eigenvalue weighted by atomic mass is 16.4. The van der Waals surface area contributed by atoms with E-state index in [4.69, 9.17) is 0 Å². The lowest BCUT2D eigenvalue weighted by Crippen LogP contribution is -2.49. The predicted octanol–water partition coefficient (Wildman–Crippen LogP) is 1.74. The minimum absolute atomic E-state index is 0.578. The lowest BCUT2D eigenvalue weighted by Gasteiger charge is -2.25. The molecule has 16 heavy (non-hydrogen) atoms. The average molecular weight is 219 g/mol. The monoisotopic (exact) mass is 219 g/mol. The summed E-state index contributed by atoms with van der Waals surface area (Å²) in [6.45, 7) is 2.83. The number of benzene rings is 1. The minimum Gasteiger partial charge on any atom is -0.480 e. The summed E-state index contributed by atoms with van der Waals surface area (Å²) in [6.07, 6.45) is 2.24. The quantitative estimate of drug-likeness (QED) is 0.814. The lowest BCUT2D eigenvalue weighted by atomic mass is 9.88. The molecule has 1 aromatic carbocycles. The molecule has 1 saturated heterocycles. The number of carboxylic acids is 1. The Hall–Kier alpha value is -1.35. The van der Waals surface area contributed by atoms with Crippen molar-refractivity contribution in [3.63, 3.8) is 0 Å². The Morgan fingerprint density at radius 3 is 2.81 bits per heavy atom. The van der Waals surface area contributed by atoms with Gasteiger partial charge >= 0.3 is 5.97 Å². The summed E-state index contributed by atoms with van der Waals surface area (Å²) in [7, 11) is 0. The van der Waals surface area contributed by atoms with Crippen molar-refractivity contribution in [3.8, 4) is 0 Å². The van der Waals surface area contributed by atoms with Crippen molar-refractivity contribution in [1.82, 2.24) is 5.32 Å². The molecule has 0 spiro atoms. The van der Waals surface area contributed by atoms with Crippen LogP contribution in [0, 0.1) is 6.92 Å². The Bertz CT molecular complexity index is 395. The van der Waals surface area contributed by atoms with Crippen LogP contribution in [0.4, 0.5) is 0 Å². The zero-order chi connectivity index (χ0) is 11.6. The highest BCUT2D eigenvalue weighted by molar-refractivity contribution is 5.79. The van der Waals surface area contributed by atoms with Gasteiger partial charge in [0.2, 0.25) is 0 Å². The van der Waals surface area contributed by atoms with Crippen molar-refractivity contribution in [2.75, 3.05) is 6.54 Å². The summed E-state index contributed by atoms with van der Waals surface area (Å²) in [4.78, 5) is 11.4. The Kier molecular flexibility index (Phi) is 2.97. The molecule has 0 amide bonds. The molecule has 86 valence electrons. The molecule has 2 N–H and O–H groups in total. The van der Waals surface area contributed by atoms with Crippen LogP contribution in [0.3, 0.4) is 0 Å². The van der Waals surface area contributed by atoms with Gasteiger partial charge in [-0.2, -0.15) is 0 Å². The number of hydrogen-bond acceptors (Lipinski definition) is 2. The zero-order valence-corrected chi connectivity index (χ0v) is 9.49. The maximum atomic E-state index is 11.4. The van der Waals surface area contributed by atoms with Crippen molar-refractivity contribution in [1.29, 1.82) is 0 Å². The first-order chi connectivity index (χ1) is 7.64. The number of carbonyl (C=O) groups is 1. The molecule has 1 aliphatic heterocycles. The van der Waals surface area contributed by atoms with Crippen molar-refractivity contribution in [3.05, 3.63) is 35.4 Å². The van der Waals surface area contributed by atoms with Gasteiger partial charge in [0.1, 0.15) is 5.54 Å². The van der Waals surface area contributed by atoms with Crippen LogP contribution in [-0.2, 0) is 11.2 Å². The van der Waals surface area contributed by atoms with Crippen LogP contribution in [0.5, 0.6) is 0 Å².